The molecule has 0 bridgehead atoms. The Balaban J connectivity index is 1.85. The Labute approximate surface area is 144 Å². The van der Waals surface area contributed by atoms with Crippen molar-refractivity contribution in [2.24, 2.45) is 7.05 Å². The molecule has 0 spiro atoms. The topological polar surface area (TPSA) is 83.0 Å². The molecule has 0 aliphatic carbocycles. The van der Waals surface area contributed by atoms with E-state index in [9.17, 15) is 14.9 Å². The Morgan fingerprint density at radius 1 is 1.24 bits per heavy atom. The van der Waals surface area contributed by atoms with Crippen LogP contribution in [0.5, 0.6) is 0 Å². The molecule has 0 N–H and O–H groups in total. The molecular weight excluding hydrogens is 320 g/mol. The smallest absolute Gasteiger partial charge is 0.269 e. The van der Waals surface area contributed by atoms with Gasteiger partial charge < -0.3 is 4.57 Å². The van der Waals surface area contributed by atoms with Gasteiger partial charge in [0.15, 0.2) is 5.78 Å². The van der Waals surface area contributed by atoms with Crippen LogP contribution in [0.3, 0.4) is 0 Å². The maximum absolute atomic E-state index is 12.3. The first kappa shape index (κ1) is 16.4. The fourth-order valence-corrected chi connectivity index (χ4v) is 2.59. The van der Waals surface area contributed by atoms with Crippen LogP contribution in [0.25, 0.3) is 11.8 Å². The number of carbonyl (C=O) groups excluding carboxylic acids is 1. The van der Waals surface area contributed by atoms with Crippen molar-refractivity contribution in [2.45, 2.75) is 6.92 Å². The summed E-state index contributed by atoms with van der Waals surface area (Å²) < 4.78 is 3.46. The summed E-state index contributed by atoms with van der Waals surface area (Å²) in [5.41, 5.74) is 2.86. The third-order valence-corrected chi connectivity index (χ3v) is 3.80. The van der Waals surface area contributed by atoms with Gasteiger partial charge in [0.1, 0.15) is 0 Å². The molecule has 0 saturated carbocycles. The second-order valence-corrected chi connectivity index (χ2v) is 5.58. The van der Waals surface area contributed by atoms with Gasteiger partial charge in [-0.2, -0.15) is 5.10 Å². The Morgan fingerprint density at radius 3 is 2.56 bits per heavy atom. The van der Waals surface area contributed by atoms with E-state index in [1.807, 2.05) is 22.9 Å². The van der Waals surface area contributed by atoms with Gasteiger partial charge in [0.25, 0.3) is 5.69 Å². The fraction of sp³-hybridized carbons (Fsp3) is 0.111. The second-order valence-electron chi connectivity index (χ2n) is 5.58. The van der Waals surface area contributed by atoms with E-state index in [0.717, 1.165) is 11.4 Å². The molecule has 7 heteroatoms. The molecule has 0 unspecified atom stereocenters. The number of hydrogen-bond acceptors (Lipinski definition) is 4. The van der Waals surface area contributed by atoms with Crippen LogP contribution >= 0.6 is 0 Å². The van der Waals surface area contributed by atoms with Gasteiger partial charge in [-0.15, -0.1) is 0 Å². The number of nitrogens with zero attached hydrogens (tertiary/aromatic N) is 4. The van der Waals surface area contributed by atoms with Gasteiger partial charge in [-0.25, -0.2) is 0 Å². The van der Waals surface area contributed by atoms with E-state index < -0.39 is 4.92 Å². The average Bonchev–Trinajstić information content (AvgIpc) is 3.18. The molecule has 0 aliphatic heterocycles. The summed E-state index contributed by atoms with van der Waals surface area (Å²) in [4.78, 5) is 22.6. The summed E-state index contributed by atoms with van der Waals surface area (Å²) in [6.07, 6.45) is 6.75. The minimum Gasteiger partial charge on any atom is -0.317 e. The maximum Gasteiger partial charge on any atom is 0.269 e. The van der Waals surface area contributed by atoms with Crippen molar-refractivity contribution >= 4 is 17.5 Å². The predicted octanol–water partition coefficient (Wildman–Crippen LogP) is 3.32. The second kappa shape index (κ2) is 6.56. The van der Waals surface area contributed by atoms with Crippen molar-refractivity contribution in [1.82, 2.24) is 14.3 Å². The van der Waals surface area contributed by atoms with E-state index in [1.165, 1.54) is 18.2 Å². The number of carbonyl (C=O) groups is 1. The zero-order chi connectivity index (χ0) is 18.0. The minimum atomic E-state index is -0.435. The summed E-state index contributed by atoms with van der Waals surface area (Å²) in [7, 11) is 1.77. The molecule has 0 radical (unpaired) electrons. The summed E-state index contributed by atoms with van der Waals surface area (Å²) in [6.45, 7) is 1.79. The van der Waals surface area contributed by atoms with Crippen LogP contribution < -0.4 is 0 Å². The van der Waals surface area contributed by atoms with Crippen molar-refractivity contribution in [3.05, 3.63) is 81.9 Å². The molecule has 0 amide bonds. The summed E-state index contributed by atoms with van der Waals surface area (Å²) in [5.74, 6) is -0.123. The Kier molecular flexibility index (Phi) is 4.30. The van der Waals surface area contributed by atoms with Crippen molar-refractivity contribution in [1.29, 1.82) is 0 Å². The number of non-ortho nitro benzene ring substituents is 1. The van der Waals surface area contributed by atoms with Crippen molar-refractivity contribution < 1.29 is 9.72 Å². The molecule has 3 aromatic rings. The van der Waals surface area contributed by atoms with Gasteiger partial charge in [0.2, 0.25) is 0 Å². The van der Waals surface area contributed by atoms with Crippen LogP contribution in [0.15, 0.2) is 54.9 Å². The lowest BCUT2D eigenvalue weighted by molar-refractivity contribution is -0.384. The monoisotopic (exact) mass is 336 g/mol. The number of aryl methyl sites for hydroxylation is 2. The number of allylic oxidation sites excluding steroid dienone is 1. The van der Waals surface area contributed by atoms with Gasteiger partial charge in [0, 0.05) is 43.0 Å². The zero-order valence-corrected chi connectivity index (χ0v) is 13.8. The minimum absolute atomic E-state index is 0.0372. The molecule has 1 aromatic carbocycles. The van der Waals surface area contributed by atoms with Crippen LogP contribution in [0.1, 0.15) is 21.7 Å². The lowest BCUT2D eigenvalue weighted by atomic mass is 10.1. The zero-order valence-electron chi connectivity index (χ0n) is 13.8. The number of rotatable bonds is 5. The van der Waals surface area contributed by atoms with Gasteiger partial charge in [-0.3, -0.25) is 19.6 Å². The average molecular weight is 336 g/mol. The number of ketones is 1. The van der Waals surface area contributed by atoms with E-state index in [0.29, 0.717) is 11.3 Å². The van der Waals surface area contributed by atoms with Crippen molar-refractivity contribution in [3.8, 4) is 5.69 Å². The summed E-state index contributed by atoms with van der Waals surface area (Å²) >= 11 is 0. The number of nitro benzene ring substituents is 1. The highest BCUT2D eigenvalue weighted by Crippen LogP contribution is 2.18. The molecule has 3 rings (SSSR count). The third kappa shape index (κ3) is 3.40. The summed E-state index contributed by atoms with van der Waals surface area (Å²) in [5, 5.41) is 14.9. The van der Waals surface area contributed by atoms with E-state index in [4.69, 9.17) is 0 Å². The number of nitro groups is 1. The van der Waals surface area contributed by atoms with Crippen molar-refractivity contribution in [3.63, 3.8) is 0 Å². The van der Waals surface area contributed by atoms with Gasteiger partial charge in [0.05, 0.1) is 16.2 Å². The molecule has 2 aromatic heterocycles. The molecule has 126 valence electrons. The van der Waals surface area contributed by atoms with Crippen LogP contribution in [-0.4, -0.2) is 25.1 Å². The first-order valence-electron chi connectivity index (χ1n) is 7.60. The Morgan fingerprint density at radius 2 is 1.96 bits per heavy atom. The largest absolute Gasteiger partial charge is 0.317 e. The van der Waals surface area contributed by atoms with E-state index in [2.05, 4.69) is 5.10 Å². The third-order valence-electron chi connectivity index (χ3n) is 3.80. The van der Waals surface area contributed by atoms with Gasteiger partial charge in [-0.1, -0.05) is 0 Å². The highest BCUT2D eigenvalue weighted by molar-refractivity contribution is 6.07. The summed E-state index contributed by atoms with van der Waals surface area (Å²) in [6, 6.07) is 9.95. The van der Waals surface area contributed by atoms with Crippen LogP contribution in [0, 0.1) is 17.0 Å². The lowest BCUT2D eigenvalue weighted by Crippen LogP contribution is -1.97. The quantitative estimate of drug-likeness (QED) is 0.310. The first-order chi connectivity index (χ1) is 12.0. The van der Waals surface area contributed by atoms with Crippen LogP contribution in [0.2, 0.25) is 0 Å². The predicted molar refractivity (Wildman–Crippen MR) is 93.7 cm³/mol. The molecule has 0 saturated heterocycles. The van der Waals surface area contributed by atoms with Gasteiger partial charge >= 0.3 is 0 Å². The van der Waals surface area contributed by atoms with Crippen LogP contribution in [-0.2, 0) is 7.05 Å². The molecule has 0 aliphatic rings. The fourth-order valence-electron chi connectivity index (χ4n) is 2.59. The first-order valence-corrected chi connectivity index (χ1v) is 7.60. The standard InChI is InChI=1S/C18H16N4O3/c1-13-17(12-20(2)19-13)18(23)10-9-14-4-3-11-21(14)15-5-7-16(8-6-15)22(24)25/h3-12H,1-2H3/b10-9+. The van der Waals surface area contributed by atoms with E-state index >= 15 is 0 Å². The lowest BCUT2D eigenvalue weighted by Gasteiger charge is -2.06. The SMILES string of the molecule is Cc1nn(C)cc1C(=O)/C=C/c1cccn1-c1ccc([N+](=O)[O-])cc1. The maximum atomic E-state index is 12.3. The Hall–Kier alpha value is -3.48. The number of aromatic nitrogens is 3. The van der Waals surface area contributed by atoms with Crippen LogP contribution in [0.4, 0.5) is 5.69 Å². The highest BCUT2D eigenvalue weighted by atomic mass is 16.6. The molecule has 25 heavy (non-hydrogen) atoms. The number of benzene rings is 1. The van der Waals surface area contributed by atoms with E-state index in [-0.39, 0.29) is 11.5 Å². The normalized spacial score (nSPS) is 11.1. The van der Waals surface area contributed by atoms with Crippen molar-refractivity contribution in [2.75, 3.05) is 0 Å². The van der Waals surface area contributed by atoms with Gasteiger partial charge in [-0.05, 0) is 43.3 Å². The molecular formula is C18H16N4O3. The molecule has 7 nitrogen and oxygen atoms in total. The van der Waals surface area contributed by atoms with E-state index in [1.54, 1.807) is 43.1 Å². The molecule has 0 fully saturated rings. The molecule has 2 heterocycles. The highest BCUT2D eigenvalue weighted by Gasteiger charge is 2.10. The molecule has 0 atom stereocenters. The number of hydrogen-bond donors (Lipinski definition) is 0. The Bertz CT molecular complexity index is 965.